The van der Waals surface area contributed by atoms with Gasteiger partial charge in [0.1, 0.15) is 5.69 Å². The third kappa shape index (κ3) is 3.69. The monoisotopic (exact) mass is 396 g/mol. The molecule has 0 bridgehead atoms. The Bertz CT molecular complexity index is 1030. The van der Waals surface area contributed by atoms with Crippen LogP contribution >= 0.6 is 12.4 Å². The van der Waals surface area contributed by atoms with Gasteiger partial charge in [0, 0.05) is 23.9 Å². The van der Waals surface area contributed by atoms with E-state index >= 15 is 0 Å². The molecule has 2 aromatic heterocycles. The van der Waals surface area contributed by atoms with Gasteiger partial charge in [-0.3, -0.25) is 9.67 Å². The Morgan fingerprint density at radius 3 is 2.71 bits per heavy atom. The highest BCUT2D eigenvalue weighted by atomic mass is 35.5. The SMILES string of the molecule is Cl.NCCn1nc2c(c1C(=O)O)CCc1cnc(C=Cc3ccccc3)cc1-2. The lowest BCUT2D eigenvalue weighted by atomic mass is 9.89. The molecule has 7 heteroatoms. The van der Waals surface area contributed by atoms with Crippen LogP contribution in [0.5, 0.6) is 0 Å². The standard InChI is InChI=1S/C21H20N4O2.ClH/c22-10-11-25-20(21(26)27)17-9-7-15-13-23-16(12-18(15)19(17)24-25)8-6-14-4-2-1-3-5-14;/h1-6,8,12-13H,7,9-11,22H2,(H,26,27);1H. The number of carbonyl (C=O) groups is 1. The second kappa shape index (κ2) is 8.37. The van der Waals surface area contributed by atoms with Crippen LogP contribution in [0.4, 0.5) is 0 Å². The van der Waals surface area contributed by atoms with Crippen molar-refractivity contribution in [3.8, 4) is 11.3 Å². The van der Waals surface area contributed by atoms with Gasteiger partial charge in [0.05, 0.1) is 17.9 Å². The molecule has 3 aromatic rings. The predicted octanol–water partition coefficient (Wildman–Crippen LogP) is 3.29. The molecule has 0 fully saturated rings. The maximum atomic E-state index is 11.7. The van der Waals surface area contributed by atoms with E-state index in [1.54, 1.807) is 0 Å². The molecule has 6 nitrogen and oxygen atoms in total. The lowest BCUT2D eigenvalue weighted by molar-refractivity contribution is 0.0682. The first-order chi connectivity index (χ1) is 13.2. The van der Waals surface area contributed by atoms with Crippen LogP contribution < -0.4 is 5.73 Å². The number of aromatic nitrogens is 3. The van der Waals surface area contributed by atoms with Gasteiger partial charge in [-0.25, -0.2) is 4.79 Å². The number of rotatable bonds is 5. The van der Waals surface area contributed by atoms with E-state index in [4.69, 9.17) is 5.73 Å². The molecule has 0 aliphatic heterocycles. The number of carboxylic acids is 1. The first kappa shape index (κ1) is 19.8. The Labute approximate surface area is 169 Å². The van der Waals surface area contributed by atoms with Gasteiger partial charge in [-0.15, -0.1) is 12.4 Å². The van der Waals surface area contributed by atoms with Crippen LogP contribution in [0.3, 0.4) is 0 Å². The summed E-state index contributed by atoms with van der Waals surface area (Å²) in [5.41, 5.74) is 11.4. The third-order valence-electron chi connectivity index (χ3n) is 4.75. The van der Waals surface area contributed by atoms with Crippen LogP contribution in [0.25, 0.3) is 23.4 Å². The molecule has 2 heterocycles. The maximum Gasteiger partial charge on any atom is 0.354 e. The van der Waals surface area contributed by atoms with Gasteiger partial charge >= 0.3 is 5.97 Å². The van der Waals surface area contributed by atoms with E-state index in [0.717, 1.165) is 40.1 Å². The normalized spacial score (nSPS) is 12.3. The minimum Gasteiger partial charge on any atom is -0.477 e. The highest BCUT2D eigenvalue weighted by Gasteiger charge is 2.28. The summed E-state index contributed by atoms with van der Waals surface area (Å²) >= 11 is 0. The van der Waals surface area contributed by atoms with E-state index in [2.05, 4.69) is 10.1 Å². The van der Waals surface area contributed by atoms with Crippen molar-refractivity contribution in [3.05, 3.63) is 70.7 Å². The van der Waals surface area contributed by atoms with E-state index in [0.29, 0.717) is 19.5 Å². The van der Waals surface area contributed by atoms with Gasteiger partial charge < -0.3 is 10.8 Å². The second-order valence-corrected chi connectivity index (χ2v) is 6.50. The first-order valence-corrected chi connectivity index (χ1v) is 8.93. The van der Waals surface area contributed by atoms with E-state index in [1.807, 2.05) is 54.7 Å². The van der Waals surface area contributed by atoms with E-state index in [9.17, 15) is 9.90 Å². The highest BCUT2D eigenvalue weighted by molar-refractivity contribution is 5.91. The number of nitrogens with two attached hydrogens (primary N) is 1. The lowest BCUT2D eigenvalue weighted by Gasteiger charge is -2.15. The lowest BCUT2D eigenvalue weighted by Crippen LogP contribution is -2.17. The molecule has 1 aliphatic rings. The number of hydrogen-bond acceptors (Lipinski definition) is 4. The molecule has 144 valence electrons. The van der Waals surface area contributed by atoms with Gasteiger partial charge in [-0.05, 0) is 36.1 Å². The van der Waals surface area contributed by atoms with Crippen molar-refractivity contribution in [3.63, 3.8) is 0 Å². The van der Waals surface area contributed by atoms with Crippen LogP contribution in [0.2, 0.25) is 0 Å². The molecule has 0 atom stereocenters. The van der Waals surface area contributed by atoms with E-state index in [1.165, 1.54) is 4.68 Å². The molecule has 4 rings (SSSR count). The van der Waals surface area contributed by atoms with Crippen LogP contribution in [0.1, 0.15) is 32.9 Å². The van der Waals surface area contributed by atoms with Gasteiger partial charge in [0.2, 0.25) is 0 Å². The van der Waals surface area contributed by atoms with Crippen molar-refractivity contribution in [2.45, 2.75) is 19.4 Å². The number of pyridine rings is 1. The fourth-order valence-electron chi connectivity index (χ4n) is 3.49. The van der Waals surface area contributed by atoms with Crippen molar-refractivity contribution < 1.29 is 9.90 Å². The predicted molar refractivity (Wildman–Crippen MR) is 111 cm³/mol. The number of hydrogen-bond donors (Lipinski definition) is 2. The Hall–Kier alpha value is -2.96. The summed E-state index contributed by atoms with van der Waals surface area (Å²) in [5, 5.41) is 14.2. The summed E-state index contributed by atoms with van der Waals surface area (Å²) in [4.78, 5) is 16.3. The van der Waals surface area contributed by atoms with E-state index in [-0.39, 0.29) is 18.1 Å². The topological polar surface area (TPSA) is 94.0 Å². The maximum absolute atomic E-state index is 11.7. The second-order valence-electron chi connectivity index (χ2n) is 6.50. The van der Waals surface area contributed by atoms with Crippen molar-refractivity contribution in [2.24, 2.45) is 5.73 Å². The van der Waals surface area contributed by atoms with Gasteiger partial charge in [0.15, 0.2) is 0 Å². The van der Waals surface area contributed by atoms with Crippen LogP contribution in [-0.2, 0) is 19.4 Å². The van der Waals surface area contributed by atoms with Crippen molar-refractivity contribution in [1.29, 1.82) is 0 Å². The fraction of sp³-hybridized carbons (Fsp3) is 0.190. The number of fused-ring (bicyclic) bond motifs is 3. The largest absolute Gasteiger partial charge is 0.477 e. The van der Waals surface area contributed by atoms with Crippen molar-refractivity contribution in [1.82, 2.24) is 14.8 Å². The molecule has 28 heavy (non-hydrogen) atoms. The average Bonchev–Trinajstić information content (AvgIpc) is 3.06. The molecular formula is C21H21ClN4O2. The van der Waals surface area contributed by atoms with Crippen molar-refractivity contribution in [2.75, 3.05) is 6.54 Å². The third-order valence-corrected chi connectivity index (χ3v) is 4.75. The Morgan fingerprint density at radius 1 is 1.21 bits per heavy atom. The molecule has 0 saturated carbocycles. The molecule has 0 spiro atoms. The van der Waals surface area contributed by atoms with Crippen molar-refractivity contribution >= 4 is 30.5 Å². The van der Waals surface area contributed by atoms with Gasteiger partial charge in [0.25, 0.3) is 0 Å². The zero-order valence-electron chi connectivity index (χ0n) is 15.2. The van der Waals surface area contributed by atoms with Gasteiger partial charge in [-0.2, -0.15) is 5.10 Å². The molecule has 3 N–H and O–H groups in total. The Morgan fingerprint density at radius 2 is 2.00 bits per heavy atom. The van der Waals surface area contributed by atoms with Crippen LogP contribution in [0, 0.1) is 0 Å². The molecule has 0 saturated heterocycles. The number of benzene rings is 1. The summed E-state index contributed by atoms with van der Waals surface area (Å²) < 4.78 is 1.52. The van der Waals surface area contributed by atoms with E-state index < -0.39 is 5.97 Å². The molecule has 0 radical (unpaired) electrons. The molecule has 0 amide bonds. The minimum atomic E-state index is -0.959. The first-order valence-electron chi connectivity index (χ1n) is 8.93. The number of carboxylic acid groups (broad SMARTS) is 1. The number of aromatic carboxylic acids is 1. The Balaban J connectivity index is 0.00000225. The number of aryl methyl sites for hydroxylation is 1. The fourth-order valence-corrected chi connectivity index (χ4v) is 3.49. The summed E-state index contributed by atoms with van der Waals surface area (Å²) in [6.07, 6.45) is 7.24. The summed E-state index contributed by atoms with van der Waals surface area (Å²) in [7, 11) is 0. The van der Waals surface area contributed by atoms with Crippen LogP contribution in [-0.4, -0.2) is 32.4 Å². The number of halogens is 1. The molecule has 1 aliphatic carbocycles. The Kier molecular flexibility index (Phi) is 5.92. The molecular weight excluding hydrogens is 376 g/mol. The smallest absolute Gasteiger partial charge is 0.354 e. The summed E-state index contributed by atoms with van der Waals surface area (Å²) in [6, 6.07) is 12.0. The zero-order chi connectivity index (χ0) is 18.8. The summed E-state index contributed by atoms with van der Waals surface area (Å²) in [6.45, 7) is 0.727. The zero-order valence-corrected chi connectivity index (χ0v) is 16.0. The quantitative estimate of drug-likeness (QED) is 0.690. The molecule has 1 aromatic carbocycles. The average molecular weight is 397 g/mol. The number of nitrogens with zero attached hydrogens (tertiary/aromatic N) is 3. The van der Waals surface area contributed by atoms with Crippen LogP contribution in [0.15, 0.2) is 42.6 Å². The molecule has 0 unspecified atom stereocenters. The van der Waals surface area contributed by atoms with Gasteiger partial charge in [-0.1, -0.05) is 36.4 Å². The highest BCUT2D eigenvalue weighted by Crippen LogP contribution is 2.35. The minimum absolute atomic E-state index is 0. The summed E-state index contributed by atoms with van der Waals surface area (Å²) in [5.74, 6) is -0.959.